The van der Waals surface area contributed by atoms with Crippen molar-refractivity contribution in [2.75, 3.05) is 25.0 Å². The number of carbonyl (C=O) groups excluding carboxylic acids is 1. The number of anilines is 1. The van der Waals surface area contributed by atoms with E-state index >= 15 is 0 Å². The van der Waals surface area contributed by atoms with Gasteiger partial charge in [-0.25, -0.2) is 0 Å². The number of fused-ring (bicyclic) bond motifs is 3. The molecule has 0 saturated carbocycles. The van der Waals surface area contributed by atoms with Gasteiger partial charge in [-0.05, 0) is 55.7 Å². The van der Waals surface area contributed by atoms with E-state index in [2.05, 4.69) is 54.7 Å². The van der Waals surface area contributed by atoms with E-state index in [1.807, 2.05) is 24.0 Å². The number of para-hydroxylation sites is 2. The minimum Gasteiger partial charge on any atom is -0.494 e. The maximum atomic E-state index is 13.5. The van der Waals surface area contributed by atoms with Crippen molar-refractivity contribution < 1.29 is 9.53 Å². The number of nitrogens with one attached hydrogen (secondary N) is 1. The number of nitrogens with zero attached hydrogens (tertiary/aromatic N) is 1. The Morgan fingerprint density at radius 2 is 1.87 bits per heavy atom. The lowest BCUT2D eigenvalue weighted by Crippen LogP contribution is -2.39. The molecule has 31 heavy (non-hydrogen) atoms. The third-order valence-electron chi connectivity index (χ3n) is 7.25. The van der Waals surface area contributed by atoms with Gasteiger partial charge in [0.15, 0.2) is 0 Å². The quantitative estimate of drug-likeness (QED) is 0.642. The molecule has 0 spiro atoms. The summed E-state index contributed by atoms with van der Waals surface area (Å²) in [5.74, 6) is 2.55. The number of carbonyl (C=O) groups is 1. The molecular formula is C27H32N2O2. The van der Waals surface area contributed by atoms with Crippen LogP contribution in [0, 0.1) is 11.8 Å². The average Bonchev–Trinajstić information content (AvgIpc) is 3.29. The van der Waals surface area contributed by atoms with Gasteiger partial charge < -0.3 is 15.0 Å². The lowest BCUT2D eigenvalue weighted by atomic mass is 9.76. The highest BCUT2D eigenvalue weighted by molar-refractivity contribution is 6.01. The summed E-state index contributed by atoms with van der Waals surface area (Å²) in [5.41, 5.74) is 4.25. The molecule has 2 aliphatic heterocycles. The van der Waals surface area contributed by atoms with Crippen molar-refractivity contribution in [1.29, 1.82) is 0 Å². The van der Waals surface area contributed by atoms with Crippen LogP contribution in [0.5, 0.6) is 5.75 Å². The number of amides is 1. The highest BCUT2D eigenvalue weighted by Crippen LogP contribution is 2.52. The molecule has 3 atom stereocenters. The molecule has 1 amide bonds. The van der Waals surface area contributed by atoms with Gasteiger partial charge in [0.05, 0.1) is 23.9 Å². The molecule has 5 rings (SSSR count). The summed E-state index contributed by atoms with van der Waals surface area (Å²) in [6.07, 6.45) is 7.84. The van der Waals surface area contributed by atoms with Crippen LogP contribution in [0.4, 0.5) is 5.69 Å². The van der Waals surface area contributed by atoms with Crippen LogP contribution in [0.25, 0.3) is 0 Å². The smallest absolute Gasteiger partial charge is 0.255 e. The van der Waals surface area contributed by atoms with Gasteiger partial charge in [-0.2, -0.15) is 0 Å². The highest BCUT2D eigenvalue weighted by atomic mass is 16.5. The van der Waals surface area contributed by atoms with Crippen molar-refractivity contribution in [3.05, 3.63) is 71.3 Å². The van der Waals surface area contributed by atoms with Crippen LogP contribution in [-0.4, -0.2) is 30.5 Å². The number of piperidine rings is 1. The monoisotopic (exact) mass is 416 g/mol. The summed E-state index contributed by atoms with van der Waals surface area (Å²) in [6, 6.07) is 14.7. The Morgan fingerprint density at radius 3 is 2.68 bits per heavy atom. The maximum Gasteiger partial charge on any atom is 0.255 e. The standard InChI is InChI=1S/C27H32N2O2/c1-3-31-24-13-5-4-8-22(24)25-20-10-6-9-19(20)21-11-7-12-23(26(21)28-25)27(30)29-16-14-18(2)15-17-29/h4-9,11-13,18-20,25,28H,3,10,14-17H2,1-2H3. The summed E-state index contributed by atoms with van der Waals surface area (Å²) in [6.45, 7) is 6.65. The Balaban J connectivity index is 1.53. The molecule has 2 aromatic carbocycles. The molecule has 3 aliphatic rings. The molecule has 162 valence electrons. The van der Waals surface area contributed by atoms with E-state index in [1.54, 1.807) is 0 Å². The number of hydrogen-bond acceptors (Lipinski definition) is 3. The number of hydrogen-bond donors (Lipinski definition) is 1. The first-order chi connectivity index (χ1) is 15.2. The second kappa shape index (κ2) is 8.41. The van der Waals surface area contributed by atoms with Crippen molar-refractivity contribution in [3.63, 3.8) is 0 Å². The number of likely N-dealkylation sites (tertiary alicyclic amines) is 1. The summed E-state index contributed by atoms with van der Waals surface area (Å²) < 4.78 is 5.97. The Labute approximate surface area is 185 Å². The average molecular weight is 417 g/mol. The van der Waals surface area contributed by atoms with Crippen LogP contribution >= 0.6 is 0 Å². The van der Waals surface area contributed by atoms with E-state index in [4.69, 9.17) is 4.74 Å². The van der Waals surface area contributed by atoms with Gasteiger partial charge in [0, 0.05) is 24.6 Å². The summed E-state index contributed by atoms with van der Waals surface area (Å²) in [7, 11) is 0. The van der Waals surface area contributed by atoms with E-state index in [1.165, 1.54) is 11.1 Å². The second-order valence-corrected chi connectivity index (χ2v) is 9.19. The predicted octanol–water partition coefficient (Wildman–Crippen LogP) is 5.78. The first-order valence-electron chi connectivity index (χ1n) is 11.7. The van der Waals surface area contributed by atoms with E-state index in [-0.39, 0.29) is 11.9 Å². The zero-order chi connectivity index (χ0) is 21.4. The molecule has 2 heterocycles. The Bertz CT molecular complexity index is 990. The van der Waals surface area contributed by atoms with Gasteiger partial charge in [0.25, 0.3) is 5.91 Å². The molecule has 1 aliphatic carbocycles. The highest BCUT2D eigenvalue weighted by Gasteiger charge is 2.40. The molecule has 4 heteroatoms. The minimum atomic E-state index is 0.116. The van der Waals surface area contributed by atoms with Crippen LogP contribution in [0.2, 0.25) is 0 Å². The van der Waals surface area contributed by atoms with Crippen molar-refractivity contribution in [2.24, 2.45) is 11.8 Å². The molecule has 2 aromatic rings. The number of allylic oxidation sites excluding steroid dienone is 2. The zero-order valence-corrected chi connectivity index (χ0v) is 18.5. The van der Waals surface area contributed by atoms with E-state index < -0.39 is 0 Å². The number of benzene rings is 2. The Kier molecular flexibility index (Phi) is 5.47. The van der Waals surface area contributed by atoms with E-state index in [0.717, 1.165) is 49.4 Å². The first-order valence-corrected chi connectivity index (χ1v) is 11.7. The van der Waals surface area contributed by atoms with Gasteiger partial charge in [-0.15, -0.1) is 0 Å². The lowest BCUT2D eigenvalue weighted by molar-refractivity contribution is 0.0698. The Hall–Kier alpha value is -2.75. The molecule has 4 nitrogen and oxygen atoms in total. The summed E-state index contributed by atoms with van der Waals surface area (Å²) in [4.78, 5) is 15.6. The van der Waals surface area contributed by atoms with Crippen LogP contribution < -0.4 is 10.1 Å². The lowest BCUT2D eigenvalue weighted by Gasteiger charge is -2.39. The third-order valence-corrected chi connectivity index (χ3v) is 7.25. The van der Waals surface area contributed by atoms with E-state index in [0.29, 0.717) is 24.4 Å². The summed E-state index contributed by atoms with van der Waals surface area (Å²) in [5, 5.41) is 3.81. The molecule has 0 bridgehead atoms. The first kappa shape index (κ1) is 20.2. The number of ether oxygens (including phenoxy) is 1. The zero-order valence-electron chi connectivity index (χ0n) is 18.5. The van der Waals surface area contributed by atoms with E-state index in [9.17, 15) is 4.79 Å². The van der Waals surface area contributed by atoms with Gasteiger partial charge >= 0.3 is 0 Å². The third kappa shape index (κ3) is 3.62. The topological polar surface area (TPSA) is 41.6 Å². The van der Waals surface area contributed by atoms with Crippen LogP contribution in [0.3, 0.4) is 0 Å². The largest absolute Gasteiger partial charge is 0.494 e. The van der Waals surface area contributed by atoms with Gasteiger partial charge in [0.1, 0.15) is 5.75 Å². The van der Waals surface area contributed by atoms with Gasteiger partial charge in [-0.1, -0.05) is 49.4 Å². The fourth-order valence-electron chi connectivity index (χ4n) is 5.51. The minimum absolute atomic E-state index is 0.116. The van der Waals surface area contributed by atoms with Crippen molar-refractivity contribution >= 4 is 11.6 Å². The fourth-order valence-corrected chi connectivity index (χ4v) is 5.51. The molecule has 0 aromatic heterocycles. The molecule has 1 N–H and O–H groups in total. The number of rotatable bonds is 4. The molecule has 0 radical (unpaired) electrons. The second-order valence-electron chi connectivity index (χ2n) is 9.19. The van der Waals surface area contributed by atoms with Crippen LogP contribution in [-0.2, 0) is 0 Å². The molecule has 3 unspecified atom stereocenters. The van der Waals surface area contributed by atoms with Crippen LogP contribution in [0.15, 0.2) is 54.6 Å². The molecule has 1 saturated heterocycles. The van der Waals surface area contributed by atoms with Crippen molar-refractivity contribution in [3.8, 4) is 5.75 Å². The van der Waals surface area contributed by atoms with Gasteiger partial charge in [0.2, 0.25) is 0 Å². The van der Waals surface area contributed by atoms with Crippen molar-refractivity contribution in [2.45, 2.75) is 45.1 Å². The SMILES string of the molecule is CCOc1ccccc1C1Nc2c(C(=O)N3CCC(C)CC3)cccc2C2C=CCC21. The normalized spacial score (nSPS) is 25.0. The maximum absolute atomic E-state index is 13.5. The fraction of sp³-hybridized carbons (Fsp3) is 0.444. The van der Waals surface area contributed by atoms with Gasteiger partial charge in [-0.3, -0.25) is 4.79 Å². The predicted molar refractivity (Wildman–Crippen MR) is 125 cm³/mol. The molecule has 1 fully saturated rings. The van der Waals surface area contributed by atoms with Crippen LogP contribution in [0.1, 0.15) is 66.6 Å². The molecular weight excluding hydrogens is 384 g/mol. The summed E-state index contributed by atoms with van der Waals surface area (Å²) >= 11 is 0. The van der Waals surface area contributed by atoms with Crippen molar-refractivity contribution in [1.82, 2.24) is 4.90 Å². The Morgan fingerprint density at radius 1 is 1.10 bits per heavy atom.